The summed E-state index contributed by atoms with van der Waals surface area (Å²) in [5.41, 5.74) is 5.06. The Morgan fingerprint density at radius 3 is 2.67 bits per heavy atom. The third-order valence-corrected chi connectivity index (χ3v) is 8.61. The summed E-state index contributed by atoms with van der Waals surface area (Å²) in [4.78, 5) is 43.9. The summed E-state index contributed by atoms with van der Waals surface area (Å²) in [7, 11) is 0. The number of ether oxygens (including phenoxy) is 1. The van der Waals surface area contributed by atoms with E-state index in [1.54, 1.807) is 30.5 Å². The van der Waals surface area contributed by atoms with Crippen LogP contribution in [0, 0.1) is 27.9 Å². The van der Waals surface area contributed by atoms with Crippen LogP contribution in [0.5, 0.6) is 5.75 Å². The van der Waals surface area contributed by atoms with Gasteiger partial charge in [0.15, 0.2) is 0 Å². The Morgan fingerprint density at radius 2 is 1.93 bits per heavy atom. The molecule has 9 nitrogen and oxygen atoms in total. The molecule has 1 aliphatic carbocycles. The van der Waals surface area contributed by atoms with Crippen molar-refractivity contribution < 1.29 is 24.4 Å². The van der Waals surface area contributed by atoms with Crippen molar-refractivity contribution in [3.63, 3.8) is 0 Å². The molecule has 2 saturated heterocycles. The van der Waals surface area contributed by atoms with Gasteiger partial charge in [-0.2, -0.15) is 0 Å². The zero-order valence-electron chi connectivity index (χ0n) is 23.2. The number of fused-ring (bicyclic) bond motifs is 3. The number of rotatable bonds is 8. The lowest BCUT2D eigenvalue weighted by Crippen LogP contribution is -2.34. The van der Waals surface area contributed by atoms with E-state index in [2.05, 4.69) is 11.9 Å². The lowest BCUT2D eigenvalue weighted by Gasteiger charge is -2.31. The topological polar surface area (TPSA) is 123 Å². The zero-order chi connectivity index (χ0) is 29.4. The summed E-state index contributed by atoms with van der Waals surface area (Å²) < 4.78 is 6.35. The van der Waals surface area contributed by atoms with E-state index in [-0.39, 0.29) is 41.0 Å². The predicted molar refractivity (Wildman–Crippen MR) is 157 cm³/mol. The highest BCUT2D eigenvalue weighted by molar-refractivity contribution is 6.22. The number of nitro groups is 1. The molecule has 42 heavy (non-hydrogen) atoms. The number of aromatic hydroxyl groups is 1. The fourth-order valence-electron chi connectivity index (χ4n) is 6.74. The molecule has 2 aliphatic heterocycles. The molecule has 1 N–H and O–H groups in total. The van der Waals surface area contributed by atoms with Crippen molar-refractivity contribution in [3.05, 3.63) is 105 Å². The molecule has 0 saturated carbocycles. The lowest BCUT2D eigenvalue weighted by atomic mass is 9.69. The smallest absolute Gasteiger partial charge is 0.271 e. The maximum absolute atomic E-state index is 13.8. The molecule has 6 rings (SSSR count). The highest BCUT2D eigenvalue weighted by Gasteiger charge is 2.57. The summed E-state index contributed by atoms with van der Waals surface area (Å²) in [6.45, 7) is 2.41. The first-order chi connectivity index (χ1) is 20.4. The molecule has 0 unspecified atom stereocenters. The third kappa shape index (κ3) is 5.00. The van der Waals surface area contributed by atoms with Gasteiger partial charge in [-0.05, 0) is 78.8 Å². The van der Waals surface area contributed by atoms with Crippen LogP contribution in [0.25, 0.3) is 11.6 Å². The van der Waals surface area contributed by atoms with Gasteiger partial charge in [0, 0.05) is 24.2 Å². The van der Waals surface area contributed by atoms with Crippen molar-refractivity contribution in [2.24, 2.45) is 17.8 Å². The van der Waals surface area contributed by atoms with E-state index < -0.39 is 16.8 Å². The quantitative estimate of drug-likeness (QED) is 0.155. The number of nitro benzene ring substituents is 1. The van der Waals surface area contributed by atoms with Gasteiger partial charge in [-0.3, -0.25) is 24.7 Å². The van der Waals surface area contributed by atoms with Crippen LogP contribution in [0.4, 0.5) is 11.4 Å². The van der Waals surface area contributed by atoms with Gasteiger partial charge in [-0.15, -0.1) is 0 Å². The van der Waals surface area contributed by atoms with Gasteiger partial charge in [0.25, 0.3) is 5.69 Å². The first-order valence-corrected chi connectivity index (χ1v) is 14.2. The molecule has 0 spiro atoms. The van der Waals surface area contributed by atoms with Gasteiger partial charge in [0.1, 0.15) is 5.75 Å². The number of phenolic OH excluding ortho intramolecular Hbond substituents is 1. The van der Waals surface area contributed by atoms with Gasteiger partial charge in [-0.1, -0.05) is 36.8 Å². The number of allylic oxidation sites excluding steroid dienone is 2. The molecule has 0 bridgehead atoms. The van der Waals surface area contributed by atoms with Gasteiger partial charge in [-0.25, -0.2) is 4.90 Å². The second-order valence-corrected chi connectivity index (χ2v) is 11.0. The molecule has 1 aromatic heterocycles. The van der Waals surface area contributed by atoms with Crippen LogP contribution in [0.3, 0.4) is 0 Å². The molecular formula is C33H31N3O6. The predicted octanol–water partition coefficient (Wildman–Crippen LogP) is 5.95. The zero-order valence-corrected chi connectivity index (χ0v) is 23.2. The largest absolute Gasteiger partial charge is 0.508 e. The van der Waals surface area contributed by atoms with Crippen LogP contribution < -0.4 is 4.90 Å². The standard InChI is InChI=1S/C33H31N3O6/c1-2-21-17-26-31(33(39)35(32(26)38)23-8-6-9-24(18-23)36(40)41)27-19-42-29(30(21)27)13-12-22(28-11-3-4-14-34-28)15-20-7-5-10-25(37)16-20/h3-11,14-16,18,26-27,29,31,37H,2,12-13,17,19H2,1H3/b22-15-/t26-,27+,29-,31-/m1/s1. The lowest BCUT2D eigenvalue weighted by molar-refractivity contribution is -0.384. The van der Waals surface area contributed by atoms with Crippen molar-refractivity contribution in [3.8, 4) is 5.75 Å². The van der Waals surface area contributed by atoms with E-state index in [9.17, 15) is 24.8 Å². The van der Waals surface area contributed by atoms with E-state index in [0.29, 0.717) is 25.9 Å². The fraction of sp³-hybridized carbons (Fsp3) is 0.303. The van der Waals surface area contributed by atoms with Crippen LogP contribution >= 0.6 is 0 Å². The molecule has 2 fully saturated rings. The number of imide groups is 1. The van der Waals surface area contributed by atoms with E-state index >= 15 is 0 Å². The minimum Gasteiger partial charge on any atom is -0.508 e. The molecule has 9 heteroatoms. The Bertz CT molecular complexity index is 1610. The summed E-state index contributed by atoms with van der Waals surface area (Å²) >= 11 is 0. The van der Waals surface area contributed by atoms with Crippen molar-refractivity contribution in [1.29, 1.82) is 0 Å². The van der Waals surface area contributed by atoms with Crippen molar-refractivity contribution >= 4 is 34.8 Å². The van der Waals surface area contributed by atoms with E-state index in [1.807, 2.05) is 30.3 Å². The van der Waals surface area contributed by atoms with Crippen molar-refractivity contribution in [2.75, 3.05) is 11.5 Å². The van der Waals surface area contributed by atoms with Crippen LogP contribution in [0.2, 0.25) is 0 Å². The minimum absolute atomic E-state index is 0.164. The molecule has 2 amide bonds. The highest BCUT2D eigenvalue weighted by Crippen LogP contribution is 2.51. The minimum atomic E-state index is -0.551. The number of aromatic nitrogens is 1. The normalized spacial score (nSPS) is 23.7. The molecular weight excluding hydrogens is 534 g/mol. The van der Waals surface area contributed by atoms with Crippen LogP contribution in [0.15, 0.2) is 84.1 Å². The van der Waals surface area contributed by atoms with E-state index in [4.69, 9.17) is 4.74 Å². The molecule has 3 aliphatic rings. The Kier molecular flexibility index (Phi) is 7.43. The summed E-state index contributed by atoms with van der Waals surface area (Å²) in [5, 5.41) is 21.3. The van der Waals surface area contributed by atoms with Gasteiger partial charge in [0.2, 0.25) is 11.8 Å². The molecule has 4 atom stereocenters. The molecule has 2 aromatic carbocycles. The first-order valence-electron chi connectivity index (χ1n) is 14.2. The number of carbonyl (C=O) groups excluding carboxylic acids is 2. The average molecular weight is 566 g/mol. The number of benzene rings is 2. The number of pyridine rings is 1. The number of amides is 2. The fourth-order valence-corrected chi connectivity index (χ4v) is 6.74. The van der Waals surface area contributed by atoms with E-state index in [0.717, 1.165) is 39.3 Å². The van der Waals surface area contributed by atoms with Crippen LogP contribution in [0.1, 0.15) is 43.9 Å². The maximum Gasteiger partial charge on any atom is 0.271 e. The number of phenols is 1. The number of hydrogen-bond acceptors (Lipinski definition) is 7. The van der Waals surface area contributed by atoms with E-state index in [1.165, 1.54) is 18.2 Å². The van der Waals surface area contributed by atoms with Crippen LogP contribution in [-0.2, 0) is 14.3 Å². The Balaban J connectivity index is 1.27. The van der Waals surface area contributed by atoms with Gasteiger partial charge in [0.05, 0.1) is 40.9 Å². The molecule has 214 valence electrons. The SMILES string of the molecule is CCC1=C2[C@@H](CC/C(=C/c3cccc(O)c3)c3ccccn3)OC[C@@H]2[C@@H]2C(=O)N(c3cccc([N+](=O)[O-])c3)C(=O)[C@@H]2C1. The second-order valence-electron chi connectivity index (χ2n) is 11.0. The number of hydrogen-bond donors (Lipinski definition) is 1. The Labute approximate surface area is 243 Å². The van der Waals surface area contributed by atoms with Crippen molar-refractivity contribution in [2.45, 2.75) is 38.7 Å². The number of non-ortho nitro benzene ring substituents is 1. The first kappa shape index (κ1) is 27.5. The average Bonchev–Trinajstić information content (AvgIpc) is 3.53. The highest BCUT2D eigenvalue weighted by atomic mass is 16.6. The maximum atomic E-state index is 13.8. The van der Waals surface area contributed by atoms with Gasteiger partial charge < -0.3 is 9.84 Å². The van der Waals surface area contributed by atoms with Crippen LogP contribution in [-0.4, -0.2) is 39.5 Å². The summed E-state index contributed by atoms with van der Waals surface area (Å²) in [6.07, 6.45) is 6.14. The summed E-state index contributed by atoms with van der Waals surface area (Å²) in [5.74, 6) is -1.69. The molecule has 3 heterocycles. The number of nitrogens with zero attached hydrogens (tertiary/aromatic N) is 3. The monoisotopic (exact) mass is 565 g/mol. The van der Waals surface area contributed by atoms with Crippen molar-refractivity contribution in [1.82, 2.24) is 4.98 Å². The number of carbonyl (C=O) groups is 2. The second kappa shape index (κ2) is 11.3. The van der Waals surface area contributed by atoms with Gasteiger partial charge >= 0.3 is 0 Å². The Morgan fingerprint density at radius 1 is 1.10 bits per heavy atom. The molecule has 3 aromatic rings. The Hall–Kier alpha value is -4.63. The number of anilines is 1. The summed E-state index contributed by atoms with van der Waals surface area (Å²) in [6, 6.07) is 18.5. The molecule has 0 radical (unpaired) electrons. The third-order valence-electron chi connectivity index (χ3n) is 8.61.